The van der Waals surface area contributed by atoms with Gasteiger partial charge in [-0.1, -0.05) is 12.2 Å². The first-order valence-corrected chi connectivity index (χ1v) is 4.97. The topological polar surface area (TPSA) is 113 Å². The van der Waals surface area contributed by atoms with E-state index in [2.05, 4.69) is 15.1 Å². The maximum Gasteiger partial charge on any atom is 0.252 e. The van der Waals surface area contributed by atoms with Crippen LogP contribution in [-0.2, 0) is 0 Å². The van der Waals surface area contributed by atoms with Crippen molar-refractivity contribution < 1.29 is 4.79 Å². The average Bonchev–Trinajstić information content (AvgIpc) is 2.78. The van der Waals surface area contributed by atoms with E-state index in [1.165, 1.54) is 17.2 Å². The molecule has 2 aromatic rings. The molecule has 1 amide bonds. The largest absolute Gasteiger partial charge is 0.387 e. The molecule has 86 valence electrons. The number of pyridine rings is 1. The predicted octanol–water partition coefficient (Wildman–Crippen LogP) is -0.605. The number of thiocarbonyl (C=S) groups is 1. The predicted molar refractivity (Wildman–Crippen MR) is 63.6 cm³/mol. The number of nitrogens with zero attached hydrogens (tertiary/aromatic N) is 4. The first kappa shape index (κ1) is 11.1. The smallest absolute Gasteiger partial charge is 0.252 e. The van der Waals surface area contributed by atoms with E-state index in [1.807, 2.05) is 0 Å². The molecule has 0 aliphatic carbocycles. The molecule has 0 atom stereocenters. The Labute approximate surface area is 101 Å². The molecule has 17 heavy (non-hydrogen) atoms. The molecule has 0 bridgehead atoms. The van der Waals surface area contributed by atoms with Crippen molar-refractivity contribution in [3.8, 4) is 5.82 Å². The van der Waals surface area contributed by atoms with Crippen LogP contribution >= 0.6 is 12.2 Å². The molecule has 0 fully saturated rings. The molecule has 0 saturated carbocycles. The molecular formula is C9H8N6OS. The Morgan fingerprint density at radius 2 is 2.12 bits per heavy atom. The minimum Gasteiger partial charge on any atom is -0.387 e. The van der Waals surface area contributed by atoms with Gasteiger partial charge in [-0.25, -0.2) is 14.6 Å². The summed E-state index contributed by atoms with van der Waals surface area (Å²) in [6.45, 7) is 0. The van der Waals surface area contributed by atoms with E-state index in [-0.39, 0.29) is 22.2 Å². The Bertz CT molecular complexity index is 593. The van der Waals surface area contributed by atoms with Crippen LogP contribution in [0, 0.1) is 0 Å². The first-order chi connectivity index (χ1) is 8.09. The molecule has 2 aromatic heterocycles. The Hall–Kier alpha value is -2.35. The number of carbonyl (C=O) groups is 1. The molecule has 4 N–H and O–H groups in total. The van der Waals surface area contributed by atoms with Crippen LogP contribution in [-0.4, -0.2) is 30.6 Å². The zero-order chi connectivity index (χ0) is 12.4. The van der Waals surface area contributed by atoms with Crippen molar-refractivity contribution in [2.24, 2.45) is 11.5 Å². The van der Waals surface area contributed by atoms with Gasteiger partial charge < -0.3 is 11.5 Å². The normalized spacial score (nSPS) is 10.1. The summed E-state index contributed by atoms with van der Waals surface area (Å²) in [6, 6.07) is 3.15. The van der Waals surface area contributed by atoms with Crippen LogP contribution in [0.4, 0.5) is 0 Å². The van der Waals surface area contributed by atoms with E-state index in [1.54, 1.807) is 12.1 Å². The lowest BCUT2D eigenvalue weighted by Gasteiger charge is -2.03. The second kappa shape index (κ2) is 4.26. The van der Waals surface area contributed by atoms with Crippen molar-refractivity contribution in [1.29, 1.82) is 0 Å². The van der Waals surface area contributed by atoms with Crippen LogP contribution in [0.2, 0.25) is 0 Å². The molecule has 8 heteroatoms. The monoisotopic (exact) mass is 248 g/mol. The number of aromatic nitrogens is 4. The number of hydrogen-bond donors (Lipinski definition) is 2. The highest BCUT2D eigenvalue weighted by molar-refractivity contribution is 7.80. The Morgan fingerprint density at radius 1 is 1.35 bits per heavy atom. The third-order valence-electron chi connectivity index (χ3n) is 1.98. The van der Waals surface area contributed by atoms with Gasteiger partial charge in [-0.15, -0.1) is 5.10 Å². The minimum absolute atomic E-state index is 0.0697. The van der Waals surface area contributed by atoms with E-state index >= 15 is 0 Å². The average molecular weight is 248 g/mol. The zero-order valence-corrected chi connectivity index (χ0v) is 9.39. The minimum atomic E-state index is -0.597. The zero-order valence-electron chi connectivity index (χ0n) is 8.57. The lowest BCUT2D eigenvalue weighted by atomic mass is 10.2. The molecule has 0 aromatic carbocycles. The summed E-state index contributed by atoms with van der Waals surface area (Å²) in [6.07, 6.45) is 2.88. The lowest BCUT2D eigenvalue weighted by Crippen LogP contribution is -2.16. The van der Waals surface area contributed by atoms with Gasteiger partial charge in [0, 0.05) is 6.20 Å². The van der Waals surface area contributed by atoms with Crippen LogP contribution in [0.25, 0.3) is 5.82 Å². The fourth-order valence-corrected chi connectivity index (χ4v) is 1.34. The van der Waals surface area contributed by atoms with Crippen LogP contribution in [0.15, 0.2) is 24.7 Å². The van der Waals surface area contributed by atoms with Crippen LogP contribution in [0.1, 0.15) is 16.2 Å². The number of primary amides is 1. The molecule has 0 radical (unpaired) electrons. The number of rotatable bonds is 3. The van der Waals surface area contributed by atoms with Gasteiger partial charge in [0.25, 0.3) is 5.91 Å². The van der Waals surface area contributed by atoms with Gasteiger partial charge in [-0.3, -0.25) is 4.79 Å². The summed E-state index contributed by atoms with van der Waals surface area (Å²) in [5.41, 5.74) is 10.9. The summed E-state index contributed by atoms with van der Waals surface area (Å²) in [7, 11) is 0. The summed E-state index contributed by atoms with van der Waals surface area (Å²) < 4.78 is 1.30. The van der Waals surface area contributed by atoms with Gasteiger partial charge in [-0.2, -0.15) is 0 Å². The van der Waals surface area contributed by atoms with Gasteiger partial charge in [0.05, 0.1) is 5.56 Å². The SMILES string of the molecule is NC(=O)c1cccnc1-n1cnc(C(N)=S)n1. The van der Waals surface area contributed by atoms with Crippen molar-refractivity contribution in [3.05, 3.63) is 36.0 Å². The van der Waals surface area contributed by atoms with Crippen LogP contribution < -0.4 is 11.5 Å². The van der Waals surface area contributed by atoms with E-state index in [0.717, 1.165) is 0 Å². The van der Waals surface area contributed by atoms with Gasteiger partial charge in [0.1, 0.15) is 11.3 Å². The fraction of sp³-hybridized carbons (Fsp3) is 0. The molecule has 7 nitrogen and oxygen atoms in total. The fourth-order valence-electron chi connectivity index (χ4n) is 1.25. The molecule has 2 heterocycles. The standard InChI is InChI=1S/C9H8N6OS/c10-6(16)5-2-1-3-12-9(5)15-4-13-8(14-15)7(11)17/h1-4H,(H2,10,16)(H2,11,17). The molecule has 0 aliphatic heterocycles. The van der Waals surface area contributed by atoms with Crippen molar-refractivity contribution in [1.82, 2.24) is 19.7 Å². The van der Waals surface area contributed by atoms with Crippen molar-refractivity contribution >= 4 is 23.1 Å². The highest BCUT2D eigenvalue weighted by Crippen LogP contribution is 2.09. The number of hydrogen-bond acceptors (Lipinski definition) is 5. The Kier molecular flexibility index (Phi) is 2.79. The Morgan fingerprint density at radius 3 is 2.71 bits per heavy atom. The molecule has 2 rings (SSSR count). The second-order valence-corrected chi connectivity index (χ2v) is 3.56. The number of nitrogens with two attached hydrogens (primary N) is 2. The number of amides is 1. The highest BCUT2D eigenvalue weighted by atomic mass is 32.1. The van der Waals surface area contributed by atoms with E-state index in [4.69, 9.17) is 23.7 Å². The quantitative estimate of drug-likeness (QED) is 0.701. The van der Waals surface area contributed by atoms with Crippen molar-refractivity contribution in [2.75, 3.05) is 0 Å². The van der Waals surface area contributed by atoms with E-state index in [9.17, 15) is 4.79 Å². The van der Waals surface area contributed by atoms with Crippen molar-refractivity contribution in [3.63, 3.8) is 0 Å². The first-order valence-electron chi connectivity index (χ1n) is 4.56. The highest BCUT2D eigenvalue weighted by Gasteiger charge is 2.13. The van der Waals surface area contributed by atoms with Crippen LogP contribution in [0.5, 0.6) is 0 Å². The van der Waals surface area contributed by atoms with Gasteiger partial charge in [-0.05, 0) is 12.1 Å². The Balaban J connectivity index is 2.52. The second-order valence-electron chi connectivity index (χ2n) is 3.12. The van der Waals surface area contributed by atoms with Gasteiger partial charge in [0.15, 0.2) is 5.82 Å². The third kappa shape index (κ3) is 2.11. The summed E-state index contributed by atoms with van der Waals surface area (Å²) >= 11 is 4.74. The number of carbonyl (C=O) groups excluding carboxylic acids is 1. The molecule has 0 unspecified atom stereocenters. The molecule has 0 spiro atoms. The summed E-state index contributed by atoms with van der Waals surface area (Å²) in [5, 5.41) is 3.99. The van der Waals surface area contributed by atoms with Crippen LogP contribution in [0.3, 0.4) is 0 Å². The van der Waals surface area contributed by atoms with E-state index in [0.29, 0.717) is 0 Å². The maximum absolute atomic E-state index is 11.2. The molecule has 0 aliphatic rings. The lowest BCUT2D eigenvalue weighted by molar-refractivity contribution is 0.1000. The summed E-state index contributed by atoms with van der Waals surface area (Å²) in [5.74, 6) is -0.100. The maximum atomic E-state index is 11.2. The van der Waals surface area contributed by atoms with Gasteiger partial charge >= 0.3 is 0 Å². The van der Waals surface area contributed by atoms with Gasteiger partial charge in [0.2, 0.25) is 5.82 Å². The molecule has 0 saturated heterocycles. The van der Waals surface area contributed by atoms with Crippen molar-refractivity contribution in [2.45, 2.75) is 0 Å². The molecular weight excluding hydrogens is 240 g/mol. The summed E-state index contributed by atoms with van der Waals surface area (Å²) in [4.78, 5) is 19.2. The third-order valence-corrected chi connectivity index (χ3v) is 2.16. The van der Waals surface area contributed by atoms with E-state index < -0.39 is 5.91 Å².